The number of nitrogens with two attached hydrogens (primary N) is 1. The monoisotopic (exact) mass is 411 g/mol. The highest BCUT2D eigenvalue weighted by Gasteiger charge is 2.13. The molecule has 0 bridgehead atoms. The molecule has 0 atom stereocenters. The van der Waals surface area contributed by atoms with Gasteiger partial charge in [-0.15, -0.1) is 0 Å². The van der Waals surface area contributed by atoms with E-state index in [-0.39, 0.29) is 22.1 Å². The van der Waals surface area contributed by atoms with E-state index < -0.39 is 11.7 Å². The van der Waals surface area contributed by atoms with Gasteiger partial charge >= 0.3 is 0 Å². The number of amides is 2. The fourth-order valence-electron chi connectivity index (χ4n) is 2.68. The minimum absolute atomic E-state index is 0.184. The maximum absolute atomic E-state index is 13.3. The van der Waals surface area contributed by atoms with Gasteiger partial charge in [0.2, 0.25) is 0 Å². The molecule has 0 spiro atoms. The molecule has 4 N–H and O–H groups in total. The molecule has 7 heteroatoms. The quantitative estimate of drug-likeness (QED) is 0.570. The summed E-state index contributed by atoms with van der Waals surface area (Å²) < 4.78 is 13.3. The first kappa shape index (κ1) is 20.5. The summed E-state index contributed by atoms with van der Waals surface area (Å²) in [6.45, 7) is 0.808. The fraction of sp³-hybridized carbons (Fsp3) is 0.0909. The third kappa shape index (κ3) is 5.40. The summed E-state index contributed by atoms with van der Waals surface area (Å²) in [5.41, 5.74) is 8.39. The zero-order valence-electron chi connectivity index (χ0n) is 15.4. The lowest BCUT2D eigenvalue weighted by Crippen LogP contribution is -2.23. The minimum atomic E-state index is -0.500. The number of carbonyl (C=O) groups excluding carboxylic acids is 2. The molecule has 3 aromatic carbocycles. The molecule has 0 unspecified atom stereocenters. The molecule has 0 aliphatic carbocycles. The highest BCUT2D eigenvalue weighted by molar-refractivity contribution is 6.34. The number of benzene rings is 3. The lowest BCUT2D eigenvalue weighted by molar-refractivity contribution is 0.0950. The topological polar surface area (TPSA) is 84.2 Å². The number of anilines is 1. The third-order valence-electron chi connectivity index (χ3n) is 4.27. The van der Waals surface area contributed by atoms with Gasteiger partial charge in [-0.25, -0.2) is 4.39 Å². The number of nitrogens with one attached hydrogen (secondary N) is 2. The minimum Gasteiger partial charge on any atom is -0.348 e. The molecule has 0 saturated heterocycles. The third-order valence-corrected chi connectivity index (χ3v) is 4.58. The average molecular weight is 412 g/mol. The van der Waals surface area contributed by atoms with Crippen molar-refractivity contribution in [2.75, 3.05) is 5.32 Å². The summed E-state index contributed by atoms with van der Waals surface area (Å²) in [6.07, 6.45) is 0. The van der Waals surface area contributed by atoms with Gasteiger partial charge in [-0.05, 0) is 47.5 Å². The van der Waals surface area contributed by atoms with Crippen molar-refractivity contribution in [3.05, 3.63) is 99.8 Å². The largest absolute Gasteiger partial charge is 0.348 e. The molecule has 0 heterocycles. The second-order valence-electron chi connectivity index (χ2n) is 6.36. The molecule has 5 nitrogen and oxygen atoms in total. The Bertz CT molecular complexity index is 1040. The maximum Gasteiger partial charge on any atom is 0.255 e. The van der Waals surface area contributed by atoms with Crippen molar-refractivity contribution in [2.45, 2.75) is 13.1 Å². The highest BCUT2D eigenvalue weighted by Crippen LogP contribution is 2.22. The fourth-order valence-corrected chi connectivity index (χ4v) is 2.95. The van der Waals surface area contributed by atoms with Crippen molar-refractivity contribution in [1.29, 1.82) is 0 Å². The Balaban J connectivity index is 1.63. The van der Waals surface area contributed by atoms with Gasteiger partial charge < -0.3 is 16.4 Å². The number of hydrogen-bond acceptors (Lipinski definition) is 3. The summed E-state index contributed by atoms with van der Waals surface area (Å²) in [5, 5.41) is 5.62. The van der Waals surface area contributed by atoms with Crippen LogP contribution in [0.15, 0.2) is 66.7 Å². The number of hydrogen-bond donors (Lipinski definition) is 3. The van der Waals surface area contributed by atoms with Crippen molar-refractivity contribution < 1.29 is 14.0 Å². The van der Waals surface area contributed by atoms with Gasteiger partial charge in [-0.1, -0.05) is 41.9 Å². The molecule has 3 aromatic rings. The Morgan fingerprint density at radius 1 is 0.931 bits per heavy atom. The zero-order valence-corrected chi connectivity index (χ0v) is 16.2. The molecule has 0 aliphatic rings. The molecule has 29 heavy (non-hydrogen) atoms. The zero-order chi connectivity index (χ0) is 20.8. The number of rotatable bonds is 6. The van der Waals surface area contributed by atoms with Crippen LogP contribution in [0.4, 0.5) is 10.1 Å². The van der Waals surface area contributed by atoms with E-state index in [1.807, 2.05) is 24.3 Å². The molecule has 0 radical (unpaired) electrons. The van der Waals surface area contributed by atoms with Gasteiger partial charge in [0, 0.05) is 24.3 Å². The van der Waals surface area contributed by atoms with Crippen LogP contribution in [0.5, 0.6) is 0 Å². The normalized spacial score (nSPS) is 10.4. The van der Waals surface area contributed by atoms with E-state index in [4.69, 9.17) is 17.3 Å². The van der Waals surface area contributed by atoms with E-state index in [1.54, 1.807) is 6.07 Å². The van der Waals surface area contributed by atoms with Crippen LogP contribution in [0.25, 0.3) is 0 Å². The lowest BCUT2D eigenvalue weighted by atomic mass is 10.1. The molecular weight excluding hydrogens is 393 g/mol. The highest BCUT2D eigenvalue weighted by atomic mass is 35.5. The van der Waals surface area contributed by atoms with Crippen LogP contribution in [-0.2, 0) is 13.1 Å². The van der Waals surface area contributed by atoms with Crippen molar-refractivity contribution in [3.63, 3.8) is 0 Å². The van der Waals surface area contributed by atoms with Crippen LogP contribution in [0, 0.1) is 5.82 Å². The van der Waals surface area contributed by atoms with Crippen LogP contribution in [0.1, 0.15) is 31.8 Å². The Hall–Kier alpha value is -3.22. The van der Waals surface area contributed by atoms with Crippen LogP contribution in [-0.4, -0.2) is 11.8 Å². The first-order valence-corrected chi connectivity index (χ1v) is 9.26. The van der Waals surface area contributed by atoms with E-state index in [1.165, 1.54) is 30.3 Å². The lowest BCUT2D eigenvalue weighted by Gasteiger charge is -2.10. The van der Waals surface area contributed by atoms with Crippen molar-refractivity contribution >= 4 is 29.1 Å². The standard InChI is InChI=1S/C22H19ClFN3O2/c23-20-11-18(27-21(28)16-2-1-3-17(24)10-16)8-9-19(20)22(29)26-13-15-6-4-14(12-25)5-7-15/h1-11H,12-13,25H2,(H,26,29)(H,27,28). The maximum atomic E-state index is 13.3. The number of carbonyl (C=O) groups is 2. The van der Waals surface area contributed by atoms with Crippen LogP contribution < -0.4 is 16.4 Å². The average Bonchev–Trinajstić information content (AvgIpc) is 2.72. The summed E-state index contributed by atoms with van der Waals surface area (Å²) in [4.78, 5) is 24.6. The van der Waals surface area contributed by atoms with Gasteiger partial charge in [0.05, 0.1) is 10.6 Å². The van der Waals surface area contributed by atoms with Gasteiger partial charge in [-0.3, -0.25) is 9.59 Å². The SMILES string of the molecule is NCc1ccc(CNC(=O)c2ccc(NC(=O)c3cccc(F)c3)cc2Cl)cc1. The molecule has 0 fully saturated rings. The molecular formula is C22H19ClFN3O2. The van der Waals surface area contributed by atoms with E-state index in [0.717, 1.165) is 17.2 Å². The summed E-state index contributed by atoms with van der Waals surface area (Å²) in [5.74, 6) is -1.31. The number of halogens is 2. The van der Waals surface area contributed by atoms with Crippen molar-refractivity contribution in [2.24, 2.45) is 5.73 Å². The Kier molecular flexibility index (Phi) is 6.59. The van der Waals surface area contributed by atoms with E-state index in [2.05, 4.69) is 10.6 Å². The Labute approximate surface area is 172 Å². The van der Waals surface area contributed by atoms with E-state index in [0.29, 0.717) is 18.8 Å². The molecule has 0 aliphatic heterocycles. The molecule has 0 saturated carbocycles. The molecule has 0 aromatic heterocycles. The van der Waals surface area contributed by atoms with Gasteiger partial charge in [0.15, 0.2) is 0 Å². The Morgan fingerprint density at radius 3 is 2.31 bits per heavy atom. The second-order valence-corrected chi connectivity index (χ2v) is 6.77. The van der Waals surface area contributed by atoms with Gasteiger partial charge in [0.1, 0.15) is 5.82 Å². The molecule has 148 valence electrons. The summed E-state index contributed by atoms with van der Waals surface area (Å²) in [6, 6.07) is 17.5. The predicted molar refractivity (Wildman–Crippen MR) is 111 cm³/mol. The van der Waals surface area contributed by atoms with Gasteiger partial charge in [-0.2, -0.15) is 0 Å². The van der Waals surface area contributed by atoms with Crippen LogP contribution in [0.3, 0.4) is 0 Å². The van der Waals surface area contributed by atoms with E-state index in [9.17, 15) is 14.0 Å². The van der Waals surface area contributed by atoms with Crippen LogP contribution >= 0.6 is 11.6 Å². The Morgan fingerprint density at radius 2 is 1.66 bits per heavy atom. The molecule has 3 rings (SSSR count). The second kappa shape index (κ2) is 9.32. The summed E-state index contributed by atoms with van der Waals surface area (Å²) >= 11 is 6.21. The first-order chi connectivity index (χ1) is 14.0. The van der Waals surface area contributed by atoms with E-state index >= 15 is 0 Å². The first-order valence-electron chi connectivity index (χ1n) is 8.89. The van der Waals surface area contributed by atoms with Crippen LogP contribution in [0.2, 0.25) is 5.02 Å². The molecule has 2 amide bonds. The smallest absolute Gasteiger partial charge is 0.255 e. The predicted octanol–water partition coefficient (Wildman–Crippen LogP) is 4.12. The summed E-state index contributed by atoms with van der Waals surface area (Å²) in [7, 11) is 0. The van der Waals surface area contributed by atoms with Crippen molar-refractivity contribution in [3.8, 4) is 0 Å². The van der Waals surface area contributed by atoms with Crippen molar-refractivity contribution in [1.82, 2.24) is 5.32 Å². The van der Waals surface area contributed by atoms with Gasteiger partial charge in [0.25, 0.3) is 11.8 Å².